The number of amides is 3. The second kappa shape index (κ2) is 7.11. The van der Waals surface area contributed by atoms with Crippen LogP contribution in [0.25, 0.3) is 0 Å². The van der Waals surface area contributed by atoms with E-state index in [4.69, 9.17) is 5.73 Å². The predicted octanol–water partition coefficient (Wildman–Crippen LogP) is 1.79. The maximum absolute atomic E-state index is 12.1. The Labute approximate surface area is 125 Å². The molecule has 5 heteroatoms. The molecule has 0 spiro atoms. The highest BCUT2D eigenvalue weighted by Gasteiger charge is 2.23. The van der Waals surface area contributed by atoms with E-state index in [1.54, 1.807) is 0 Å². The highest BCUT2D eigenvalue weighted by molar-refractivity contribution is 5.75. The van der Waals surface area contributed by atoms with Crippen molar-refractivity contribution in [3.05, 3.63) is 35.4 Å². The number of nitrogens with zero attached hydrogens (tertiary/aromatic N) is 1. The quantitative estimate of drug-likeness (QED) is 0.886. The molecule has 0 radical (unpaired) electrons. The van der Waals surface area contributed by atoms with Gasteiger partial charge in [0.15, 0.2) is 0 Å². The number of carbonyl (C=O) groups excluding carboxylic acids is 2. The third-order valence-electron chi connectivity index (χ3n) is 3.96. The van der Waals surface area contributed by atoms with E-state index in [0.29, 0.717) is 32.0 Å². The Morgan fingerprint density at radius 1 is 1.24 bits per heavy atom. The van der Waals surface area contributed by atoms with Crippen LogP contribution in [0.2, 0.25) is 0 Å². The lowest BCUT2D eigenvalue weighted by atomic mass is 9.93. The number of piperidine rings is 1. The van der Waals surface area contributed by atoms with Crippen molar-refractivity contribution < 1.29 is 9.59 Å². The van der Waals surface area contributed by atoms with Crippen molar-refractivity contribution in [2.75, 3.05) is 13.1 Å². The van der Waals surface area contributed by atoms with E-state index < -0.39 is 0 Å². The molecule has 0 aromatic heterocycles. The van der Waals surface area contributed by atoms with Crippen molar-refractivity contribution in [1.82, 2.24) is 10.2 Å². The van der Waals surface area contributed by atoms with Gasteiger partial charge in [-0.3, -0.25) is 4.79 Å². The van der Waals surface area contributed by atoms with Gasteiger partial charge in [0.2, 0.25) is 5.91 Å². The molecule has 1 aliphatic rings. The van der Waals surface area contributed by atoms with Crippen LogP contribution in [0.1, 0.15) is 30.4 Å². The van der Waals surface area contributed by atoms with Crippen molar-refractivity contribution in [3.8, 4) is 0 Å². The summed E-state index contributed by atoms with van der Waals surface area (Å²) in [5.74, 6) is 0.0703. The van der Waals surface area contributed by atoms with E-state index in [1.807, 2.05) is 36.1 Å². The molecule has 2 rings (SSSR count). The zero-order valence-electron chi connectivity index (χ0n) is 12.5. The van der Waals surface area contributed by atoms with Gasteiger partial charge >= 0.3 is 6.03 Å². The summed E-state index contributed by atoms with van der Waals surface area (Å²) in [5, 5.41) is 2.94. The number of hydrogen-bond donors (Lipinski definition) is 2. The summed E-state index contributed by atoms with van der Waals surface area (Å²) >= 11 is 0. The molecule has 0 unspecified atom stereocenters. The minimum Gasteiger partial charge on any atom is -0.370 e. The summed E-state index contributed by atoms with van der Waals surface area (Å²) in [6.07, 6.45) is 2.13. The molecule has 0 bridgehead atoms. The van der Waals surface area contributed by atoms with E-state index in [-0.39, 0.29) is 11.9 Å². The van der Waals surface area contributed by atoms with E-state index in [0.717, 1.165) is 18.4 Å². The normalized spacial score (nSPS) is 15.8. The van der Waals surface area contributed by atoms with E-state index in [9.17, 15) is 9.59 Å². The first-order valence-electron chi connectivity index (χ1n) is 7.41. The van der Waals surface area contributed by atoms with Gasteiger partial charge in [0.25, 0.3) is 0 Å². The molecule has 114 valence electrons. The second-order valence-corrected chi connectivity index (χ2v) is 5.75. The first kappa shape index (κ1) is 15.4. The molecule has 3 amide bonds. The summed E-state index contributed by atoms with van der Waals surface area (Å²) in [7, 11) is 0. The molecule has 1 fully saturated rings. The van der Waals surface area contributed by atoms with Crippen molar-refractivity contribution >= 4 is 11.9 Å². The Balaban J connectivity index is 1.74. The van der Waals surface area contributed by atoms with E-state index in [1.165, 1.54) is 5.56 Å². The number of likely N-dealkylation sites (tertiary alicyclic amines) is 1. The largest absolute Gasteiger partial charge is 0.370 e. The average molecular weight is 289 g/mol. The Bertz CT molecular complexity index is 491. The lowest BCUT2D eigenvalue weighted by Gasteiger charge is -2.31. The standard InChI is InChI=1S/C16H23N3O2/c1-12-2-4-14(5-3-12)11-18-16(21)19-8-6-13(7-9-19)10-15(17)20/h2-5,13H,6-11H2,1H3,(H2,17,20)(H,18,21). The number of nitrogens with two attached hydrogens (primary N) is 1. The number of urea groups is 1. The Morgan fingerprint density at radius 2 is 1.86 bits per heavy atom. The van der Waals surface area contributed by atoms with Gasteiger partial charge in [-0.15, -0.1) is 0 Å². The van der Waals surface area contributed by atoms with Crippen LogP contribution in [0.3, 0.4) is 0 Å². The Morgan fingerprint density at radius 3 is 2.43 bits per heavy atom. The molecular formula is C16H23N3O2. The van der Waals surface area contributed by atoms with Gasteiger partial charge in [-0.2, -0.15) is 0 Å². The zero-order valence-corrected chi connectivity index (χ0v) is 12.5. The number of primary amides is 1. The molecule has 1 aromatic rings. The van der Waals surface area contributed by atoms with Crippen molar-refractivity contribution in [1.29, 1.82) is 0 Å². The molecule has 0 saturated carbocycles. The van der Waals surface area contributed by atoms with E-state index >= 15 is 0 Å². The summed E-state index contributed by atoms with van der Waals surface area (Å²) < 4.78 is 0. The predicted molar refractivity (Wildman–Crippen MR) is 81.5 cm³/mol. The van der Waals surface area contributed by atoms with Crippen LogP contribution < -0.4 is 11.1 Å². The van der Waals surface area contributed by atoms with Gasteiger partial charge in [-0.1, -0.05) is 29.8 Å². The fourth-order valence-corrected chi connectivity index (χ4v) is 2.62. The van der Waals surface area contributed by atoms with Crippen LogP contribution in [0.15, 0.2) is 24.3 Å². The fourth-order valence-electron chi connectivity index (χ4n) is 2.62. The van der Waals surface area contributed by atoms with Gasteiger partial charge < -0.3 is 16.0 Å². The van der Waals surface area contributed by atoms with Crippen molar-refractivity contribution in [3.63, 3.8) is 0 Å². The highest BCUT2D eigenvalue weighted by Crippen LogP contribution is 2.20. The number of carbonyl (C=O) groups is 2. The highest BCUT2D eigenvalue weighted by atomic mass is 16.2. The third kappa shape index (κ3) is 4.77. The first-order chi connectivity index (χ1) is 10.0. The minimum atomic E-state index is -0.253. The SMILES string of the molecule is Cc1ccc(CNC(=O)N2CCC(CC(N)=O)CC2)cc1. The van der Waals surface area contributed by atoms with Crippen LogP contribution in [0.4, 0.5) is 4.79 Å². The molecular weight excluding hydrogens is 266 g/mol. The van der Waals surface area contributed by atoms with E-state index in [2.05, 4.69) is 5.32 Å². The van der Waals surface area contributed by atoms with Crippen LogP contribution >= 0.6 is 0 Å². The summed E-state index contributed by atoms with van der Waals surface area (Å²) in [6.45, 7) is 3.97. The summed E-state index contributed by atoms with van der Waals surface area (Å²) in [5.41, 5.74) is 7.51. The topological polar surface area (TPSA) is 75.4 Å². The Kier molecular flexibility index (Phi) is 5.20. The number of hydrogen-bond acceptors (Lipinski definition) is 2. The molecule has 1 heterocycles. The number of nitrogens with one attached hydrogen (secondary N) is 1. The van der Waals surface area contributed by atoms with Gasteiger partial charge in [-0.25, -0.2) is 4.79 Å². The minimum absolute atomic E-state index is 0.0342. The average Bonchev–Trinajstić information content (AvgIpc) is 2.46. The smallest absolute Gasteiger partial charge is 0.317 e. The number of aryl methyl sites for hydroxylation is 1. The van der Waals surface area contributed by atoms with Gasteiger partial charge in [0.05, 0.1) is 0 Å². The summed E-state index contributed by atoms with van der Waals surface area (Å²) in [4.78, 5) is 24.8. The lowest BCUT2D eigenvalue weighted by Crippen LogP contribution is -2.44. The van der Waals surface area contributed by atoms with Crippen LogP contribution in [-0.4, -0.2) is 29.9 Å². The first-order valence-corrected chi connectivity index (χ1v) is 7.41. The van der Waals surface area contributed by atoms with Crippen LogP contribution in [-0.2, 0) is 11.3 Å². The van der Waals surface area contributed by atoms with Crippen LogP contribution in [0, 0.1) is 12.8 Å². The second-order valence-electron chi connectivity index (χ2n) is 5.75. The zero-order chi connectivity index (χ0) is 15.2. The summed E-state index contributed by atoms with van der Waals surface area (Å²) in [6, 6.07) is 8.09. The monoisotopic (exact) mass is 289 g/mol. The van der Waals surface area contributed by atoms with Crippen molar-refractivity contribution in [2.24, 2.45) is 11.7 Å². The number of rotatable bonds is 4. The molecule has 3 N–H and O–H groups in total. The van der Waals surface area contributed by atoms with Crippen molar-refractivity contribution in [2.45, 2.75) is 32.7 Å². The number of benzene rings is 1. The molecule has 5 nitrogen and oxygen atoms in total. The maximum atomic E-state index is 12.1. The molecule has 0 aliphatic carbocycles. The van der Waals surface area contributed by atoms with Gasteiger partial charge in [0, 0.05) is 26.1 Å². The van der Waals surface area contributed by atoms with Crippen LogP contribution in [0.5, 0.6) is 0 Å². The molecule has 21 heavy (non-hydrogen) atoms. The lowest BCUT2D eigenvalue weighted by molar-refractivity contribution is -0.119. The fraction of sp³-hybridized carbons (Fsp3) is 0.500. The van der Waals surface area contributed by atoms with Gasteiger partial charge in [0.1, 0.15) is 0 Å². The Hall–Kier alpha value is -2.04. The van der Waals surface area contributed by atoms with Gasteiger partial charge in [-0.05, 0) is 31.2 Å². The maximum Gasteiger partial charge on any atom is 0.317 e. The molecule has 0 atom stereocenters. The molecule has 1 aromatic carbocycles. The molecule has 1 saturated heterocycles. The third-order valence-corrected chi connectivity index (χ3v) is 3.96. The molecule has 1 aliphatic heterocycles.